The number of ketones is 1. The lowest BCUT2D eigenvalue weighted by Crippen LogP contribution is -1.84. The molecule has 1 nitrogen and oxygen atoms in total. The molecular weight excluding hydrogens is 184 g/mol. The largest absolute Gasteiger partial charge is 0.299 e. The van der Waals surface area contributed by atoms with Crippen LogP contribution in [0.2, 0.25) is 0 Å². The van der Waals surface area contributed by atoms with Gasteiger partial charge in [0.05, 0.1) is 0 Å². The number of carbonyl (C=O) groups is 1. The number of hydrogen-bond acceptors (Lipinski definition) is 1. The van der Waals surface area contributed by atoms with E-state index in [1.807, 2.05) is 0 Å². The van der Waals surface area contributed by atoms with E-state index in [9.17, 15) is 4.79 Å². The van der Waals surface area contributed by atoms with Gasteiger partial charge in [-0.25, -0.2) is 0 Å². The molecule has 0 atom stereocenters. The van der Waals surface area contributed by atoms with Gasteiger partial charge in [0.1, 0.15) is 5.78 Å². The highest BCUT2D eigenvalue weighted by Crippen LogP contribution is 2.21. The predicted molar refractivity (Wildman–Crippen MR) is 64.9 cm³/mol. The van der Waals surface area contributed by atoms with Crippen LogP contribution in [0.25, 0.3) is 0 Å². The molecule has 15 heavy (non-hydrogen) atoms. The van der Waals surface area contributed by atoms with Crippen molar-refractivity contribution < 1.29 is 4.79 Å². The van der Waals surface area contributed by atoms with Crippen LogP contribution in [0.1, 0.15) is 71.1 Å². The Morgan fingerprint density at radius 2 is 1.80 bits per heavy atom. The second kappa shape index (κ2) is 7.67. The van der Waals surface area contributed by atoms with Crippen LogP contribution in [0.4, 0.5) is 0 Å². The summed E-state index contributed by atoms with van der Waals surface area (Å²) in [5.74, 6) is 0.434. The molecule has 1 heteroatoms. The molecule has 0 radical (unpaired) electrons. The zero-order chi connectivity index (χ0) is 10.9. The van der Waals surface area contributed by atoms with Crippen molar-refractivity contribution in [1.82, 2.24) is 0 Å². The molecule has 86 valence electrons. The minimum Gasteiger partial charge on any atom is -0.299 e. The Morgan fingerprint density at radius 3 is 2.47 bits per heavy atom. The van der Waals surface area contributed by atoms with Gasteiger partial charge < -0.3 is 0 Å². The first-order chi connectivity index (χ1) is 7.33. The lowest BCUT2D eigenvalue weighted by Gasteiger charge is -1.98. The van der Waals surface area contributed by atoms with Crippen LogP contribution in [-0.2, 0) is 4.79 Å². The van der Waals surface area contributed by atoms with E-state index < -0.39 is 0 Å². The van der Waals surface area contributed by atoms with Gasteiger partial charge in [-0.15, -0.1) is 0 Å². The summed E-state index contributed by atoms with van der Waals surface area (Å²) in [5, 5.41) is 0. The molecule has 1 aliphatic carbocycles. The molecule has 0 unspecified atom stereocenters. The maximum Gasteiger partial charge on any atom is 0.137 e. The SMILES string of the molecule is CCCCCCCC/C=C1/CCC(=O)C1. The summed E-state index contributed by atoms with van der Waals surface area (Å²) < 4.78 is 0. The maximum atomic E-state index is 11.0. The minimum absolute atomic E-state index is 0.434. The van der Waals surface area contributed by atoms with E-state index in [4.69, 9.17) is 0 Å². The Labute approximate surface area is 93.9 Å². The lowest BCUT2D eigenvalue weighted by molar-refractivity contribution is -0.117. The molecule has 0 aromatic carbocycles. The number of allylic oxidation sites excluding steroid dienone is 2. The summed E-state index contributed by atoms with van der Waals surface area (Å²) >= 11 is 0. The molecule has 0 aliphatic heterocycles. The van der Waals surface area contributed by atoms with E-state index in [0.717, 1.165) is 19.3 Å². The van der Waals surface area contributed by atoms with Gasteiger partial charge in [0, 0.05) is 12.8 Å². The Balaban J connectivity index is 1.94. The quantitative estimate of drug-likeness (QED) is 0.447. The number of hydrogen-bond donors (Lipinski definition) is 0. The van der Waals surface area contributed by atoms with Gasteiger partial charge in [0.2, 0.25) is 0 Å². The Morgan fingerprint density at radius 1 is 1.07 bits per heavy atom. The van der Waals surface area contributed by atoms with Crippen molar-refractivity contribution >= 4 is 5.78 Å². The Kier molecular flexibility index (Phi) is 6.38. The first-order valence-electron chi connectivity index (χ1n) is 6.52. The van der Waals surface area contributed by atoms with E-state index >= 15 is 0 Å². The third-order valence-electron chi connectivity index (χ3n) is 3.14. The lowest BCUT2D eigenvalue weighted by atomic mass is 10.1. The van der Waals surface area contributed by atoms with Gasteiger partial charge in [-0.3, -0.25) is 4.79 Å². The highest BCUT2D eigenvalue weighted by Gasteiger charge is 2.14. The van der Waals surface area contributed by atoms with Crippen LogP contribution in [0.3, 0.4) is 0 Å². The van der Waals surface area contributed by atoms with Crippen molar-refractivity contribution in [3.63, 3.8) is 0 Å². The van der Waals surface area contributed by atoms with Gasteiger partial charge in [-0.2, -0.15) is 0 Å². The van der Waals surface area contributed by atoms with Gasteiger partial charge in [0.15, 0.2) is 0 Å². The molecule has 1 aliphatic rings. The third kappa shape index (κ3) is 5.76. The smallest absolute Gasteiger partial charge is 0.137 e. The Bertz CT molecular complexity index is 215. The highest BCUT2D eigenvalue weighted by atomic mass is 16.1. The highest BCUT2D eigenvalue weighted by molar-refractivity contribution is 5.84. The van der Waals surface area contributed by atoms with Crippen LogP contribution in [0, 0.1) is 0 Å². The molecule has 0 spiro atoms. The van der Waals surface area contributed by atoms with Gasteiger partial charge in [-0.1, -0.05) is 50.7 Å². The average Bonchev–Trinajstić information content (AvgIpc) is 2.63. The van der Waals surface area contributed by atoms with Gasteiger partial charge in [-0.05, 0) is 19.3 Å². The van der Waals surface area contributed by atoms with Crippen molar-refractivity contribution in [3.05, 3.63) is 11.6 Å². The predicted octanol–water partition coefficient (Wildman–Crippen LogP) is 4.42. The third-order valence-corrected chi connectivity index (χ3v) is 3.14. The van der Waals surface area contributed by atoms with Gasteiger partial charge >= 0.3 is 0 Å². The van der Waals surface area contributed by atoms with E-state index in [2.05, 4.69) is 13.0 Å². The molecule has 0 bridgehead atoms. The summed E-state index contributed by atoms with van der Waals surface area (Å²) in [5.41, 5.74) is 1.40. The van der Waals surface area contributed by atoms with Crippen molar-refractivity contribution in [2.24, 2.45) is 0 Å². The summed E-state index contributed by atoms with van der Waals surface area (Å²) in [6.07, 6.45) is 14.2. The number of Topliss-reactive ketones (excluding diaryl/α,β-unsaturated/α-hetero) is 1. The topological polar surface area (TPSA) is 17.1 Å². The maximum absolute atomic E-state index is 11.0. The summed E-state index contributed by atoms with van der Waals surface area (Å²) in [4.78, 5) is 11.0. The van der Waals surface area contributed by atoms with E-state index in [0.29, 0.717) is 5.78 Å². The zero-order valence-electron chi connectivity index (χ0n) is 10.1. The average molecular weight is 208 g/mol. The molecule has 1 rings (SSSR count). The van der Waals surface area contributed by atoms with E-state index in [1.165, 1.54) is 50.5 Å². The van der Waals surface area contributed by atoms with E-state index in [-0.39, 0.29) is 0 Å². The van der Waals surface area contributed by atoms with Crippen LogP contribution < -0.4 is 0 Å². The molecule has 0 N–H and O–H groups in total. The molecule has 0 aromatic heterocycles. The van der Waals surface area contributed by atoms with E-state index in [1.54, 1.807) is 0 Å². The van der Waals surface area contributed by atoms with Crippen molar-refractivity contribution in [2.75, 3.05) is 0 Å². The first-order valence-corrected chi connectivity index (χ1v) is 6.52. The van der Waals surface area contributed by atoms with Crippen LogP contribution >= 0.6 is 0 Å². The van der Waals surface area contributed by atoms with Crippen molar-refractivity contribution in [1.29, 1.82) is 0 Å². The summed E-state index contributed by atoms with van der Waals surface area (Å²) in [6, 6.07) is 0. The van der Waals surface area contributed by atoms with Crippen molar-refractivity contribution in [2.45, 2.75) is 71.1 Å². The fourth-order valence-electron chi connectivity index (χ4n) is 2.14. The normalized spacial score (nSPS) is 19.0. The second-order valence-corrected chi connectivity index (χ2v) is 4.63. The van der Waals surface area contributed by atoms with Gasteiger partial charge in [0.25, 0.3) is 0 Å². The molecule has 0 saturated heterocycles. The summed E-state index contributed by atoms with van der Waals surface area (Å²) in [7, 11) is 0. The fraction of sp³-hybridized carbons (Fsp3) is 0.786. The first kappa shape index (κ1) is 12.5. The zero-order valence-corrected chi connectivity index (χ0v) is 10.1. The molecule has 0 heterocycles. The van der Waals surface area contributed by atoms with Crippen molar-refractivity contribution in [3.8, 4) is 0 Å². The molecule has 0 amide bonds. The number of carbonyl (C=O) groups excluding carboxylic acids is 1. The molecular formula is C14H24O. The second-order valence-electron chi connectivity index (χ2n) is 4.63. The van der Waals surface area contributed by atoms with Crippen LogP contribution in [0.5, 0.6) is 0 Å². The number of unbranched alkanes of at least 4 members (excludes halogenated alkanes) is 6. The Hall–Kier alpha value is -0.590. The van der Waals surface area contributed by atoms with Crippen LogP contribution in [-0.4, -0.2) is 5.78 Å². The number of rotatable bonds is 7. The molecule has 0 aromatic rings. The molecule has 1 fully saturated rings. The molecule has 1 saturated carbocycles. The fourth-order valence-corrected chi connectivity index (χ4v) is 2.14. The minimum atomic E-state index is 0.434. The van der Waals surface area contributed by atoms with Crippen LogP contribution in [0.15, 0.2) is 11.6 Å². The monoisotopic (exact) mass is 208 g/mol. The summed E-state index contributed by atoms with van der Waals surface area (Å²) in [6.45, 7) is 2.25. The standard InChI is InChI=1S/C14H24O/c1-2-3-4-5-6-7-8-9-13-10-11-14(15)12-13/h9H,2-8,10-12H2,1H3/b13-9-.